The first-order valence-corrected chi connectivity index (χ1v) is 6.86. The van der Waals surface area contributed by atoms with Crippen LogP contribution in [0.3, 0.4) is 0 Å². The second-order valence-electron chi connectivity index (χ2n) is 4.87. The Kier molecular flexibility index (Phi) is 4.91. The van der Waals surface area contributed by atoms with E-state index in [1.165, 1.54) is 0 Å². The summed E-state index contributed by atoms with van der Waals surface area (Å²) in [5.74, 6) is 1.61. The van der Waals surface area contributed by atoms with Crippen molar-refractivity contribution in [3.63, 3.8) is 0 Å². The molecule has 0 amide bonds. The van der Waals surface area contributed by atoms with E-state index in [2.05, 4.69) is 12.2 Å². The van der Waals surface area contributed by atoms with Gasteiger partial charge in [-0.15, -0.1) is 0 Å². The average molecular weight is 265 g/mol. The first kappa shape index (κ1) is 14.0. The van der Waals surface area contributed by atoms with E-state index in [0.717, 1.165) is 43.1 Å². The highest BCUT2D eigenvalue weighted by molar-refractivity contribution is 5.54. The zero-order valence-electron chi connectivity index (χ0n) is 11.9. The van der Waals surface area contributed by atoms with E-state index in [0.29, 0.717) is 12.1 Å². The van der Waals surface area contributed by atoms with E-state index in [-0.39, 0.29) is 0 Å². The van der Waals surface area contributed by atoms with E-state index < -0.39 is 0 Å². The first-order chi connectivity index (χ1) is 9.25. The molecule has 2 unspecified atom stereocenters. The summed E-state index contributed by atoms with van der Waals surface area (Å²) in [5, 5.41) is 3.55. The fraction of sp³-hybridized carbons (Fsp3) is 0.600. The third-order valence-electron chi connectivity index (χ3n) is 3.54. The Morgan fingerprint density at radius 3 is 2.47 bits per heavy atom. The van der Waals surface area contributed by atoms with Gasteiger partial charge in [-0.3, -0.25) is 0 Å². The quantitative estimate of drug-likeness (QED) is 0.888. The molecule has 1 fully saturated rings. The molecule has 0 spiro atoms. The molecule has 4 nitrogen and oxygen atoms in total. The van der Waals surface area contributed by atoms with Crippen LogP contribution in [0.4, 0.5) is 5.69 Å². The molecule has 0 aromatic heterocycles. The summed E-state index contributed by atoms with van der Waals surface area (Å²) in [7, 11) is 3.33. The van der Waals surface area contributed by atoms with Gasteiger partial charge in [0.05, 0.1) is 20.3 Å². The number of ether oxygens (including phenoxy) is 3. The van der Waals surface area contributed by atoms with Crippen LogP contribution in [0.2, 0.25) is 0 Å². The van der Waals surface area contributed by atoms with E-state index in [9.17, 15) is 0 Å². The molecule has 1 aliphatic rings. The van der Waals surface area contributed by atoms with Crippen LogP contribution in [-0.2, 0) is 4.74 Å². The molecule has 0 radical (unpaired) electrons. The Labute approximate surface area is 115 Å². The van der Waals surface area contributed by atoms with Crippen LogP contribution in [-0.4, -0.2) is 33.0 Å². The van der Waals surface area contributed by atoms with Crippen LogP contribution in [0.25, 0.3) is 0 Å². The molecule has 2 atom stereocenters. The van der Waals surface area contributed by atoms with Gasteiger partial charge in [0.2, 0.25) is 0 Å². The normalized spacial score (nSPS) is 22.9. The summed E-state index contributed by atoms with van der Waals surface area (Å²) >= 11 is 0. The largest absolute Gasteiger partial charge is 0.497 e. The molecule has 106 valence electrons. The molecule has 0 aliphatic carbocycles. The van der Waals surface area contributed by atoms with Crippen molar-refractivity contribution in [2.75, 3.05) is 26.1 Å². The zero-order valence-corrected chi connectivity index (χ0v) is 11.9. The van der Waals surface area contributed by atoms with E-state index in [4.69, 9.17) is 14.2 Å². The summed E-state index contributed by atoms with van der Waals surface area (Å²) in [6.45, 7) is 3.00. The summed E-state index contributed by atoms with van der Waals surface area (Å²) < 4.78 is 16.3. The second kappa shape index (κ2) is 6.66. The number of methoxy groups -OCH3 is 2. The van der Waals surface area contributed by atoms with Gasteiger partial charge in [-0.1, -0.05) is 6.92 Å². The van der Waals surface area contributed by atoms with Crippen molar-refractivity contribution in [2.45, 2.75) is 38.3 Å². The van der Waals surface area contributed by atoms with E-state index >= 15 is 0 Å². The van der Waals surface area contributed by atoms with Crippen LogP contribution < -0.4 is 14.8 Å². The minimum atomic E-state index is 0.374. The lowest BCUT2D eigenvalue weighted by atomic mass is 10.0. The maximum Gasteiger partial charge on any atom is 0.124 e. The Balaban J connectivity index is 2.05. The number of hydrogen-bond acceptors (Lipinski definition) is 4. The van der Waals surface area contributed by atoms with Gasteiger partial charge >= 0.3 is 0 Å². The standard InChI is InChI=1S/C15H23NO3/c1-4-13-7-11(5-6-19-13)16-12-8-14(17-2)10-15(9-12)18-3/h8-11,13,16H,4-7H2,1-3H3. The lowest BCUT2D eigenvalue weighted by Gasteiger charge is -2.30. The Morgan fingerprint density at radius 2 is 1.89 bits per heavy atom. The number of nitrogens with one attached hydrogen (secondary N) is 1. The van der Waals surface area contributed by atoms with Crippen molar-refractivity contribution in [3.05, 3.63) is 18.2 Å². The minimum Gasteiger partial charge on any atom is -0.497 e. The first-order valence-electron chi connectivity index (χ1n) is 6.86. The van der Waals surface area contributed by atoms with Crippen LogP contribution >= 0.6 is 0 Å². The maximum atomic E-state index is 5.70. The average Bonchev–Trinajstić information content (AvgIpc) is 2.47. The summed E-state index contributed by atoms with van der Waals surface area (Å²) in [5.41, 5.74) is 1.04. The SMILES string of the molecule is CCC1CC(Nc2cc(OC)cc(OC)c2)CCO1. The van der Waals surface area contributed by atoms with Gasteiger partial charge in [-0.25, -0.2) is 0 Å². The van der Waals surface area contributed by atoms with Crippen LogP contribution in [0.1, 0.15) is 26.2 Å². The molecule has 1 aromatic carbocycles. The van der Waals surface area contributed by atoms with Gasteiger partial charge in [0.25, 0.3) is 0 Å². The molecule has 1 aliphatic heterocycles. The Hall–Kier alpha value is -1.42. The van der Waals surface area contributed by atoms with Gasteiger partial charge in [0, 0.05) is 36.5 Å². The van der Waals surface area contributed by atoms with E-state index in [1.54, 1.807) is 14.2 Å². The molecule has 19 heavy (non-hydrogen) atoms. The van der Waals surface area contributed by atoms with Crippen molar-refractivity contribution < 1.29 is 14.2 Å². The van der Waals surface area contributed by atoms with Gasteiger partial charge in [0.15, 0.2) is 0 Å². The van der Waals surface area contributed by atoms with E-state index in [1.807, 2.05) is 18.2 Å². The smallest absolute Gasteiger partial charge is 0.124 e. The lowest BCUT2D eigenvalue weighted by molar-refractivity contribution is 0.00925. The number of benzene rings is 1. The molecule has 4 heteroatoms. The number of rotatable bonds is 5. The molecule has 2 rings (SSSR count). The predicted molar refractivity (Wildman–Crippen MR) is 76.2 cm³/mol. The zero-order chi connectivity index (χ0) is 13.7. The Morgan fingerprint density at radius 1 is 1.21 bits per heavy atom. The molecule has 1 saturated heterocycles. The topological polar surface area (TPSA) is 39.7 Å². The highest BCUT2D eigenvalue weighted by Gasteiger charge is 2.21. The molecule has 1 N–H and O–H groups in total. The molecular formula is C15H23NO3. The predicted octanol–water partition coefficient (Wildman–Crippen LogP) is 3.07. The van der Waals surface area contributed by atoms with Crippen LogP contribution in [0.5, 0.6) is 11.5 Å². The lowest BCUT2D eigenvalue weighted by Crippen LogP contribution is -2.33. The monoisotopic (exact) mass is 265 g/mol. The minimum absolute atomic E-state index is 0.374. The number of anilines is 1. The number of hydrogen-bond donors (Lipinski definition) is 1. The van der Waals surface area contributed by atoms with Crippen molar-refractivity contribution in [1.29, 1.82) is 0 Å². The fourth-order valence-electron chi connectivity index (χ4n) is 2.42. The van der Waals surface area contributed by atoms with Gasteiger partial charge in [0.1, 0.15) is 11.5 Å². The third kappa shape index (κ3) is 3.77. The van der Waals surface area contributed by atoms with Gasteiger partial charge in [-0.2, -0.15) is 0 Å². The summed E-state index contributed by atoms with van der Waals surface area (Å²) in [6, 6.07) is 6.33. The van der Waals surface area contributed by atoms with Crippen molar-refractivity contribution in [2.24, 2.45) is 0 Å². The highest BCUT2D eigenvalue weighted by atomic mass is 16.5. The molecule has 1 heterocycles. The van der Waals surface area contributed by atoms with Gasteiger partial charge in [-0.05, 0) is 19.3 Å². The molecule has 0 saturated carbocycles. The fourth-order valence-corrected chi connectivity index (χ4v) is 2.42. The highest BCUT2D eigenvalue weighted by Crippen LogP contribution is 2.28. The Bertz CT molecular complexity index is 386. The van der Waals surface area contributed by atoms with Crippen molar-refractivity contribution >= 4 is 5.69 Å². The third-order valence-corrected chi connectivity index (χ3v) is 3.54. The summed E-state index contributed by atoms with van der Waals surface area (Å²) in [4.78, 5) is 0. The van der Waals surface area contributed by atoms with Crippen LogP contribution in [0.15, 0.2) is 18.2 Å². The van der Waals surface area contributed by atoms with Gasteiger partial charge < -0.3 is 19.5 Å². The maximum absolute atomic E-state index is 5.70. The van der Waals surface area contributed by atoms with Crippen LogP contribution in [0, 0.1) is 0 Å². The molecular weight excluding hydrogens is 242 g/mol. The summed E-state index contributed by atoms with van der Waals surface area (Å²) in [6.07, 6.45) is 3.53. The van der Waals surface area contributed by atoms with Crippen molar-refractivity contribution in [1.82, 2.24) is 0 Å². The molecule has 0 bridgehead atoms. The second-order valence-corrected chi connectivity index (χ2v) is 4.87. The van der Waals surface area contributed by atoms with Crippen molar-refractivity contribution in [3.8, 4) is 11.5 Å². The molecule has 1 aromatic rings.